The van der Waals surface area contributed by atoms with Crippen LogP contribution in [-0.4, -0.2) is 15.0 Å². The Balaban J connectivity index is 1.23. The van der Waals surface area contributed by atoms with E-state index in [9.17, 15) is 0 Å². The number of rotatable bonds is 6. The highest BCUT2D eigenvalue weighted by Crippen LogP contribution is 2.39. The van der Waals surface area contributed by atoms with E-state index in [-0.39, 0.29) is 0 Å². The molecule has 5 heteroatoms. The smallest absolute Gasteiger partial charge is 0.164 e. The molecule has 0 spiro atoms. The van der Waals surface area contributed by atoms with Gasteiger partial charge in [-0.3, -0.25) is 0 Å². The highest BCUT2D eigenvalue weighted by Gasteiger charge is 2.17. The van der Waals surface area contributed by atoms with Crippen LogP contribution in [0.3, 0.4) is 0 Å². The first-order valence-corrected chi connectivity index (χ1v) is 14.5. The number of fused-ring (bicyclic) bond motifs is 3. The van der Waals surface area contributed by atoms with Crippen LogP contribution in [0.2, 0.25) is 0 Å². The second-order valence-corrected chi connectivity index (χ2v) is 10.5. The molecule has 0 aliphatic carbocycles. The molecule has 2 aromatic heterocycles. The quantitative estimate of drug-likeness (QED) is 0.200. The maximum absolute atomic E-state index is 6.11. The summed E-state index contributed by atoms with van der Waals surface area (Å²) in [7, 11) is 0. The van der Waals surface area contributed by atoms with Gasteiger partial charge in [-0.1, -0.05) is 97.1 Å². The van der Waals surface area contributed by atoms with E-state index in [1.165, 1.54) is 0 Å². The van der Waals surface area contributed by atoms with Crippen molar-refractivity contribution in [2.24, 2.45) is 0 Å². The van der Waals surface area contributed by atoms with Gasteiger partial charge in [0.25, 0.3) is 0 Å². The third kappa shape index (κ3) is 4.76. The van der Waals surface area contributed by atoms with E-state index in [0.717, 1.165) is 55.7 Å². The van der Waals surface area contributed by atoms with Gasteiger partial charge in [-0.15, -0.1) is 0 Å². The number of nitrogens with zero attached hydrogens (tertiary/aromatic N) is 4. The first kappa shape index (κ1) is 25.6. The molecule has 0 radical (unpaired) electrons. The predicted octanol–water partition coefficient (Wildman–Crippen LogP) is 10.2. The molecule has 0 atom stereocenters. The largest absolute Gasteiger partial charge is 0.456 e. The van der Waals surface area contributed by atoms with Gasteiger partial charge in [-0.25, -0.2) is 15.0 Å². The van der Waals surface area contributed by atoms with Gasteiger partial charge in [0.2, 0.25) is 0 Å². The normalized spacial score (nSPS) is 11.2. The molecule has 0 N–H and O–H groups in total. The average molecular weight is 567 g/mol. The molecule has 2 heterocycles. The van der Waals surface area contributed by atoms with Crippen molar-refractivity contribution >= 4 is 39.0 Å². The minimum Gasteiger partial charge on any atom is -0.456 e. The van der Waals surface area contributed by atoms with Gasteiger partial charge in [-0.2, -0.15) is 0 Å². The summed E-state index contributed by atoms with van der Waals surface area (Å²) >= 11 is 0. The van der Waals surface area contributed by atoms with Crippen molar-refractivity contribution < 1.29 is 4.42 Å². The van der Waals surface area contributed by atoms with Crippen LogP contribution in [0.4, 0.5) is 17.1 Å². The fourth-order valence-corrected chi connectivity index (χ4v) is 5.57. The summed E-state index contributed by atoms with van der Waals surface area (Å²) in [5.74, 6) is 1.91. The van der Waals surface area contributed by atoms with Crippen LogP contribution in [0.5, 0.6) is 0 Å². The van der Waals surface area contributed by atoms with Crippen LogP contribution >= 0.6 is 0 Å². The standard InChI is InChI=1S/C39H26N4O/c1-4-12-27(13-5-1)37-40-38(28-14-6-2-7-15-28)42-39(41-37)29-20-22-31(23-21-29)43(30-16-8-3-9-17-30)32-24-25-36-34(26-32)33-18-10-11-19-35(33)44-36/h1-26H. The van der Waals surface area contributed by atoms with E-state index < -0.39 is 0 Å². The van der Waals surface area contributed by atoms with Crippen LogP contribution in [-0.2, 0) is 0 Å². The van der Waals surface area contributed by atoms with Crippen molar-refractivity contribution in [1.82, 2.24) is 15.0 Å². The fourth-order valence-electron chi connectivity index (χ4n) is 5.57. The molecule has 8 rings (SSSR count). The number of furan rings is 1. The van der Waals surface area contributed by atoms with Crippen molar-refractivity contribution in [2.45, 2.75) is 0 Å². The molecule has 0 unspecified atom stereocenters. The van der Waals surface area contributed by atoms with E-state index >= 15 is 0 Å². The number of aromatic nitrogens is 3. The van der Waals surface area contributed by atoms with Crippen LogP contribution in [0.15, 0.2) is 162 Å². The molecular formula is C39H26N4O. The Bertz CT molecular complexity index is 2150. The lowest BCUT2D eigenvalue weighted by Crippen LogP contribution is -2.09. The molecule has 6 aromatic carbocycles. The fraction of sp³-hybridized carbons (Fsp3) is 0. The van der Waals surface area contributed by atoms with Crippen LogP contribution in [0.25, 0.3) is 56.1 Å². The minimum absolute atomic E-state index is 0.627. The van der Waals surface area contributed by atoms with Gasteiger partial charge in [0, 0.05) is 44.5 Å². The van der Waals surface area contributed by atoms with Crippen LogP contribution < -0.4 is 4.90 Å². The van der Waals surface area contributed by atoms with E-state index in [1.807, 2.05) is 84.9 Å². The Labute approximate surface area is 254 Å². The monoisotopic (exact) mass is 566 g/mol. The lowest BCUT2D eigenvalue weighted by atomic mass is 10.1. The van der Waals surface area contributed by atoms with Gasteiger partial charge in [0.1, 0.15) is 11.2 Å². The zero-order valence-electron chi connectivity index (χ0n) is 23.7. The number of hydrogen-bond acceptors (Lipinski definition) is 5. The van der Waals surface area contributed by atoms with Crippen molar-refractivity contribution in [2.75, 3.05) is 4.90 Å². The highest BCUT2D eigenvalue weighted by molar-refractivity contribution is 6.06. The lowest BCUT2D eigenvalue weighted by Gasteiger charge is -2.25. The average Bonchev–Trinajstić information content (AvgIpc) is 3.48. The van der Waals surface area contributed by atoms with Gasteiger partial charge >= 0.3 is 0 Å². The molecule has 0 saturated carbocycles. The van der Waals surface area contributed by atoms with Gasteiger partial charge in [0.15, 0.2) is 17.5 Å². The number of hydrogen-bond donors (Lipinski definition) is 0. The number of para-hydroxylation sites is 2. The van der Waals surface area contributed by atoms with Crippen LogP contribution in [0, 0.1) is 0 Å². The SMILES string of the molecule is c1ccc(-c2nc(-c3ccccc3)nc(-c3ccc(N(c4ccccc4)c4ccc5oc6ccccc6c5c4)cc3)n2)cc1. The summed E-state index contributed by atoms with van der Waals surface area (Å²) < 4.78 is 6.11. The van der Waals surface area contributed by atoms with E-state index in [0.29, 0.717) is 17.5 Å². The molecule has 0 saturated heterocycles. The number of anilines is 3. The first-order valence-electron chi connectivity index (χ1n) is 14.5. The van der Waals surface area contributed by atoms with E-state index in [2.05, 4.69) is 77.7 Å². The molecule has 208 valence electrons. The Kier molecular flexibility index (Phi) is 6.39. The van der Waals surface area contributed by atoms with E-state index in [4.69, 9.17) is 19.4 Å². The molecule has 0 fully saturated rings. The maximum Gasteiger partial charge on any atom is 0.164 e. The van der Waals surface area contributed by atoms with Crippen molar-refractivity contribution in [3.8, 4) is 34.2 Å². The van der Waals surface area contributed by atoms with Crippen LogP contribution in [0.1, 0.15) is 0 Å². The summed E-state index contributed by atoms with van der Waals surface area (Å²) in [5.41, 5.74) is 7.69. The molecule has 0 aliphatic heterocycles. The zero-order chi connectivity index (χ0) is 29.3. The van der Waals surface area contributed by atoms with Gasteiger partial charge in [-0.05, 0) is 60.7 Å². The first-order chi connectivity index (χ1) is 21.8. The van der Waals surface area contributed by atoms with Crippen molar-refractivity contribution in [3.05, 3.63) is 158 Å². The van der Waals surface area contributed by atoms with Crippen molar-refractivity contribution in [1.29, 1.82) is 0 Å². The Morgan fingerprint density at radius 1 is 0.364 bits per heavy atom. The predicted molar refractivity (Wildman–Crippen MR) is 178 cm³/mol. The summed E-state index contributed by atoms with van der Waals surface area (Å²) in [6, 6.07) is 53.4. The highest BCUT2D eigenvalue weighted by atomic mass is 16.3. The third-order valence-corrected chi connectivity index (χ3v) is 7.72. The molecule has 0 aliphatic rings. The second kappa shape index (κ2) is 11.0. The summed E-state index contributed by atoms with van der Waals surface area (Å²) in [6.45, 7) is 0. The van der Waals surface area contributed by atoms with E-state index in [1.54, 1.807) is 0 Å². The summed E-state index contributed by atoms with van der Waals surface area (Å²) in [6.07, 6.45) is 0. The molecular weight excluding hydrogens is 540 g/mol. The molecule has 44 heavy (non-hydrogen) atoms. The molecule has 5 nitrogen and oxygen atoms in total. The van der Waals surface area contributed by atoms with Gasteiger partial charge < -0.3 is 9.32 Å². The summed E-state index contributed by atoms with van der Waals surface area (Å²) in [4.78, 5) is 16.9. The lowest BCUT2D eigenvalue weighted by molar-refractivity contribution is 0.669. The minimum atomic E-state index is 0.627. The zero-order valence-corrected chi connectivity index (χ0v) is 23.7. The molecule has 0 amide bonds. The number of benzene rings is 6. The second-order valence-electron chi connectivity index (χ2n) is 10.5. The Hall–Kier alpha value is -6.07. The molecule has 0 bridgehead atoms. The van der Waals surface area contributed by atoms with Crippen molar-refractivity contribution in [3.63, 3.8) is 0 Å². The Morgan fingerprint density at radius 3 is 1.43 bits per heavy atom. The third-order valence-electron chi connectivity index (χ3n) is 7.72. The molecule has 8 aromatic rings. The summed E-state index contributed by atoms with van der Waals surface area (Å²) in [5, 5.41) is 2.19. The maximum atomic E-state index is 6.11. The Morgan fingerprint density at radius 2 is 0.818 bits per heavy atom. The topological polar surface area (TPSA) is 55.1 Å². The van der Waals surface area contributed by atoms with Gasteiger partial charge in [0.05, 0.1) is 0 Å².